The molecule has 0 amide bonds. The Morgan fingerprint density at radius 1 is 1.33 bits per heavy atom. The van der Waals surface area contributed by atoms with Crippen molar-refractivity contribution in [3.05, 3.63) is 34.4 Å². The minimum Gasteiger partial charge on any atom is -0.258 e. The highest BCUT2D eigenvalue weighted by Crippen LogP contribution is 2.12. The number of hydrogen-bond donors (Lipinski definition) is 2. The third-order valence-corrected chi connectivity index (χ3v) is 2.06. The molecule has 0 aromatic heterocycles. The third kappa shape index (κ3) is 1.79. The molecule has 0 fully saturated rings. The topological polar surface area (TPSA) is 84.1 Å². The number of non-ortho nitro benzene ring substituents is 1. The first-order valence-electron chi connectivity index (χ1n) is 3.04. The fourth-order valence-electron chi connectivity index (χ4n) is 0.710. The van der Waals surface area contributed by atoms with Crippen molar-refractivity contribution in [2.45, 2.75) is 4.90 Å². The number of benzene rings is 1. The molecule has 1 rings (SSSR count). The van der Waals surface area contributed by atoms with Gasteiger partial charge in [-0.3, -0.25) is 14.9 Å². The second kappa shape index (κ2) is 3.31. The van der Waals surface area contributed by atoms with E-state index in [0.717, 1.165) is 0 Å². The van der Waals surface area contributed by atoms with Gasteiger partial charge in [0.05, 0.1) is 15.5 Å². The van der Waals surface area contributed by atoms with Crippen molar-refractivity contribution in [1.29, 1.82) is 4.78 Å². The maximum Gasteiger partial charge on any atom is 0.269 e. The highest BCUT2D eigenvalue weighted by atomic mass is 32.2. The van der Waals surface area contributed by atoms with Crippen LogP contribution in [0.1, 0.15) is 0 Å². The molecule has 1 aromatic carbocycles. The van der Waals surface area contributed by atoms with Crippen LogP contribution in [0.4, 0.5) is 5.69 Å². The van der Waals surface area contributed by atoms with Gasteiger partial charge in [0, 0.05) is 17.0 Å². The summed E-state index contributed by atoms with van der Waals surface area (Å²) in [5, 5.41) is 10.2. The van der Waals surface area contributed by atoms with Crippen LogP contribution in [0.5, 0.6) is 0 Å². The second-order valence-corrected chi connectivity index (χ2v) is 3.17. The van der Waals surface area contributed by atoms with E-state index < -0.39 is 15.5 Å². The second-order valence-electron chi connectivity index (χ2n) is 2.07. The molecule has 1 unspecified atom stereocenters. The van der Waals surface area contributed by atoms with Crippen LogP contribution in [0.3, 0.4) is 0 Å². The van der Waals surface area contributed by atoms with Gasteiger partial charge in [-0.05, 0) is 12.1 Å². The van der Waals surface area contributed by atoms with E-state index in [9.17, 15) is 14.3 Å². The molecule has 5 nitrogen and oxygen atoms in total. The van der Waals surface area contributed by atoms with Gasteiger partial charge in [-0.15, -0.1) is 0 Å². The standard InChI is InChI=1S/C6H6N2O3S/c7-12(11)6-3-1-5(2-4-6)8(9)10/h1-4,7,12H. The van der Waals surface area contributed by atoms with Gasteiger partial charge in [0.2, 0.25) is 0 Å². The van der Waals surface area contributed by atoms with E-state index in [2.05, 4.69) is 0 Å². The molecule has 1 N–H and O–H groups in total. The molecule has 0 bridgehead atoms. The quantitative estimate of drug-likeness (QED) is 0.413. The van der Waals surface area contributed by atoms with Gasteiger partial charge in [0.1, 0.15) is 0 Å². The fraction of sp³-hybridized carbons (Fsp3) is 0. The van der Waals surface area contributed by atoms with Crippen molar-refractivity contribution in [3.63, 3.8) is 0 Å². The Labute approximate surface area is 70.2 Å². The molecule has 64 valence electrons. The first-order valence-corrected chi connectivity index (χ1v) is 4.30. The van der Waals surface area contributed by atoms with E-state index in [4.69, 9.17) is 4.78 Å². The molecule has 0 aliphatic rings. The maximum atomic E-state index is 10.6. The summed E-state index contributed by atoms with van der Waals surface area (Å²) >= 11 is 0. The van der Waals surface area contributed by atoms with Crippen LogP contribution >= 0.6 is 0 Å². The smallest absolute Gasteiger partial charge is 0.258 e. The number of nitrogens with zero attached hydrogens (tertiary/aromatic N) is 1. The van der Waals surface area contributed by atoms with Crippen molar-refractivity contribution in [1.82, 2.24) is 0 Å². The van der Waals surface area contributed by atoms with Crippen molar-refractivity contribution in [3.8, 4) is 0 Å². The molecular formula is C6H6N2O3S. The predicted molar refractivity (Wildman–Crippen MR) is 43.6 cm³/mol. The molecule has 0 heterocycles. The molecule has 0 aliphatic heterocycles. The lowest BCUT2D eigenvalue weighted by Gasteiger charge is -1.91. The Morgan fingerprint density at radius 3 is 2.17 bits per heavy atom. The summed E-state index contributed by atoms with van der Waals surface area (Å²) in [5.41, 5.74) is -0.0596. The summed E-state index contributed by atoms with van der Waals surface area (Å²) in [6, 6.07) is 5.11. The lowest BCUT2D eigenvalue weighted by atomic mass is 10.3. The molecule has 1 aromatic rings. The molecule has 6 heteroatoms. The SMILES string of the molecule is N=[SH](=O)c1ccc([N+](=O)[O-])cc1. The molecule has 12 heavy (non-hydrogen) atoms. The van der Waals surface area contributed by atoms with E-state index in [1.54, 1.807) is 0 Å². The lowest BCUT2D eigenvalue weighted by Crippen LogP contribution is -1.87. The number of nitrogens with one attached hydrogen (secondary N) is 1. The minimum absolute atomic E-state index is 0.0596. The van der Waals surface area contributed by atoms with Crippen LogP contribution < -0.4 is 0 Å². The monoisotopic (exact) mass is 186 g/mol. The average Bonchev–Trinajstić information content (AvgIpc) is 2.04. The Hall–Kier alpha value is -1.43. The first kappa shape index (κ1) is 8.66. The fourth-order valence-corrected chi connectivity index (χ4v) is 1.13. The van der Waals surface area contributed by atoms with Crippen LogP contribution in [0.2, 0.25) is 0 Å². The minimum atomic E-state index is -2.15. The predicted octanol–water partition coefficient (Wildman–Crippen LogP) is 1.20. The van der Waals surface area contributed by atoms with E-state index in [0.29, 0.717) is 4.90 Å². The van der Waals surface area contributed by atoms with Crippen LogP contribution in [0.25, 0.3) is 0 Å². The van der Waals surface area contributed by atoms with Crippen LogP contribution in [-0.4, -0.2) is 9.13 Å². The molecule has 0 aliphatic carbocycles. The molecule has 0 saturated heterocycles. The van der Waals surface area contributed by atoms with Gasteiger partial charge in [0.25, 0.3) is 5.69 Å². The lowest BCUT2D eigenvalue weighted by molar-refractivity contribution is -0.384. The summed E-state index contributed by atoms with van der Waals surface area (Å²) in [4.78, 5) is 9.93. The highest BCUT2D eigenvalue weighted by molar-refractivity contribution is 7.73. The van der Waals surface area contributed by atoms with Crippen molar-refractivity contribution >= 4 is 16.3 Å². The molecule has 0 spiro atoms. The van der Waals surface area contributed by atoms with Crippen LogP contribution in [-0.2, 0) is 10.6 Å². The summed E-state index contributed by atoms with van der Waals surface area (Å²) in [5.74, 6) is 0. The van der Waals surface area contributed by atoms with E-state index >= 15 is 0 Å². The summed E-state index contributed by atoms with van der Waals surface area (Å²) in [7, 11) is -2.15. The number of rotatable bonds is 2. The summed E-state index contributed by atoms with van der Waals surface area (Å²) in [6.45, 7) is 0. The summed E-state index contributed by atoms with van der Waals surface area (Å²) < 4.78 is 17.4. The number of nitro benzene ring substituents is 1. The third-order valence-electron chi connectivity index (χ3n) is 1.30. The van der Waals surface area contributed by atoms with Crippen molar-refractivity contribution in [2.24, 2.45) is 0 Å². The number of thiol groups is 1. The molecule has 0 radical (unpaired) electrons. The average molecular weight is 186 g/mol. The number of hydrogen-bond acceptors (Lipinski definition) is 4. The summed E-state index contributed by atoms with van der Waals surface area (Å²) in [6.07, 6.45) is 0. The zero-order chi connectivity index (χ0) is 9.14. The maximum absolute atomic E-state index is 10.6. The zero-order valence-electron chi connectivity index (χ0n) is 5.93. The Morgan fingerprint density at radius 2 is 1.83 bits per heavy atom. The zero-order valence-corrected chi connectivity index (χ0v) is 6.82. The molecule has 1 atom stereocenters. The Balaban J connectivity index is 3.09. The van der Waals surface area contributed by atoms with E-state index in [-0.39, 0.29) is 5.69 Å². The van der Waals surface area contributed by atoms with Gasteiger partial charge in [0.15, 0.2) is 0 Å². The van der Waals surface area contributed by atoms with Gasteiger partial charge in [-0.2, -0.15) is 0 Å². The first-order chi connectivity index (χ1) is 5.61. The van der Waals surface area contributed by atoms with Crippen LogP contribution in [0, 0.1) is 14.9 Å². The van der Waals surface area contributed by atoms with Crippen molar-refractivity contribution in [2.75, 3.05) is 0 Å². The van der Waals surface area contributed by atoms with Crippen LogP contribution in [0.15, 0.2) is 29.2 Å². The number of nitro groups is 1. The van der Waals surface area contributed by atoms with Gasteiger partial charge < -0.3 is 0 Å². The largest absolute Gasteiger partial charge is 0.269 e. The van der Waals surface area contributed by atoms with Gasteiger partial charge >= 0.3 is 0 Å². The highest BCUT2D eigenvalue weighted by Gasteiger charge is 2.02. The van der Waals surface area contributed by atoms with Gasteiger partial charge in [-0.25, -0.2) is 4.21 Å². The Kier molecular flexibility index (Phi) is 2.39. The van der Waals surface area contributed by atoms with Gasteiger partial charge in [-0.1, -0.05) is 0 Å². The van der Waals surface area contributed by atoms with Crippen molar-refractivity contribution < 1.29 is 9.13 Å². The molecule has 0 saturated carbocycles. The van der Waals surface area contributed by atoms with E-state index in [1.807, 2.05) is 0 Å². The van der Waals surface area contributed by atoms with E-state index in [1.165, 1.54) is 24.3 Å². The molecular weight excluding hydrogens is 180 g/mol. The Bertz CT molecular complexity index is 361. The normalized spacial score (nSPS) is 12.3.